The van der Waals surface area contributed by atoms with Crippen molar-refractivity contribution >= 4 is 17.3 Å². The summed E-state index contributed by atoms with van der Waals surface area (Å²) in [6, 6.07) is 4.56. The Morgan fingerprint density at radius 2 is 2.33 bits per heavy atom. The van der Waals surface area contributed by atoms with Crippen LogP contribution in [0.15, 0.2) is 18.2 Å². The Hall–Kier alpha value is -2.15. The number of carbonyl (C=O) groups is 1. The first-order valence-electron chi connectivity index (χ1n) is 6.91. The molecule has 1 aliphatic rings. The molecule has 0 radical (unpaired) electrons. The Kier molecular flexibility index (Phi) is 4.74. The molecule has 21 heavy (non-hydrogen) atoms. The van der Waals surface area contributed by atoms with Gasteiger partial charge in [0.05, 0.1) is 16.6 Å². The number of amides is 1. The molecule has 2 rings (SSSR count). The SMILES string of the molecule is CCNc1c(C(=O)N2CCC(OC)C2)cccc1[N+](=O)[O-]. The maximum atomic E-state index is 12.6. The molecule has 0 saturated carbocycles. The molecular formula is C14H19N3O4. The van der Waals surface area contributed by atoms with Gasteiger partial charge < -0.3 is 15.0 Å². The molecule has 1 atom stereocenters. The van der Waals surface area contributed by atoms with E-state index in [1.807, 2.05) is 6.92 Å². The van der Waals surface area contributed by atoms with Gasteiger partial charge in [-0.05, 0) is 19.4 Å². The van der Waals surface area contributed by atoms with E-state index >= 15 is 0 Å². The predicted molar refractivity (Wildman–Crippen MR) is 78.6 cm³/mol. The zero-order chi connectivity index (χ0) is 15.4. The molecular weight excluding hydrogens is 274 g/mol. The van der Waals surface area contributed by atoms with Crippen molar-refractivity contribution in [3.05, 3.63) is 33.9 Å². The van der Waals surface area contributed by atoms with Gasteiger partial charge in [0, 0.05) is 32.8 Å². The highest BCUT2D eigenvalue weighted by Gasteiger charge is 2.30. The van der Waals surface area contributed by atoms with Crippen molar-refractivity contribution in [3.63, 3.8) is 0 Å². The van der Waals surface area contributed by atoms with Gasteiger partial charge in [0.15, 0.2) is 0 Å². The molecule has 1 fully saturated rings. The predicted octanol–water partition coefficient (Wildman–Crippen LogP) is 1.89. The lowest BCUT2D eigenvalue weighted by atomic mass is 10.1. The van der Waals surface area contributed by atoms with Crippen LogP contribution in [0.4, 0.5) is 11.4 Å². The summed E-state index contributed by atoms with van der Waals surface area (Å²) >= 11 is 0. The molecule has 7 nitrogen and oxygen atoms in total. The fourth-order valence-corrected chi connectivity index (χ4v) is 2.51. The van der Waals surface area contributed by atoms with Crippen LogP contribution < -0.4 is 5.32 Å². The van der Waals surface area contributed by atoms with E-state index in [9.17, 15) is 14.9 Å². The van der Waals surface area contributed by atoms with E-state index in [1.54, 1.807) is 18.1 Å². The number of likely N-dealkylation sites (tertiary alicyclic amines) is 1. The molecule has 1 saturated heterocycles. The zero-order valence-corrected chi connectivity index (χ0v) is 12.2. The smallest absolute Gasteiger partial charge is 0.293 e. The maximum Gasteiger partial charge on any atom is 0.293 e. The van der Waals surface area contributed by atoms with Crippen LogP contribution in [0.25, 0.3) is 0 Å². The highest BCUT2D eigenvalue weighted by molar-refractivity contribution is 6.01. The van der Waals surface area contributed by atoms with Gasteiger partial charge in [-0.1, -0.05) is 6.07 Å². The molecule has 0 aromatic heterocycles. The molecule has 1 N–H and O–H groups in total. The van der Waals surface area contributed by atoms with E-state index in [0.29, 0.717) is 25.2 Å². The number of carbonyl (C=O) groups excluding carboxylic acids is 1. The average Bonchev–Trinajstić information content (AvgIpc) is 2.95. The van der Waals surface area contributed by atoms with Crippen molar-refractivity contribution in [1.82, 2.24) is 4.90 Å². The van der Waals surface area contributed by atoms with E-state index in [0.717, 1.165) is 6.42 Å². The number of para-hydroxylation sites is 1. The second kappa shape index (κ2) is 6.53. The first-order chi connectivity index (χ1) is 10.1. The summed E-state index contributed by atoms with van der Waals surface area (Å²) in [6.45, 7) is 3.46. The van der Waals surface area contributed by atoms with Gasteiger partial charge in [-0.3, -0.25) is 14.9 Å². The van der Waals surface area contributed by atoms with Crippen LogP contribution in [0, 0.1) is 10.1 Å². The Morgan fingerprint density at radius 3 is 2.90 bits per heavy atom. The molecule has 1 aromatic carbocycles. The number of rotatable bonds is 5. The summed E-state index contributed by atoms with van der Waals surface area (Å²) in [4.78, 5) is 24.9. The molecule has 1 aromatic rings. The zero-order valence-electron chi connectivity index (χ0n) is 12.2. The van der Waals surface area contributed by atoms with Gasteiger partial charge in [0.1, 0.15) is 5.69 Å². The molecule has 1 amide bonds. The molecule has 0 aliphatic carbocycles. The van der Waals surface area contributed by atoms with E-state index in [2.05, 4.69) is 5.32 Å². The molecule has 1 unspecified atom stereocenters. The number of nitrogens with one attached hydrogen (secondary N) is 1. The summed E-state index contributed by atoms with van der Waals surface area (Å²) in [5.41, 5.74) is 0.545. The quantitative estimate of drug-likeness (QED) is 0.662. The van der Waals surface area contributed by atoms with Gasteiger partial charge >= 0.3 is 0 Å². The first-order valence-corrected chi connectivity index (χ1v) is 6.91. The Balaban J connectivity index is 2.32. The van der Waals surface area contributed by atoms with Crippen molar-refractivity contribution in [2.45, 2.75) is 19.4 Å². The number of nitro groups is 1. The van der Waals surface area contributed by atoms with E-state index in [-0.39, 0.29) is 23.4 Å². The van der Waals surface area contributed by atoms with E-state index in [4.69, 9.17) is 4.74 Å². The van der Waals surface area contributed by atoms with Crippen LogP contribution in [0.3, 0.4) is 0 Å². The van der Waals surface area contributed by atoms with Crippen molar-refractivity contribution < 1.29 is 14.5 Å². The first kappa shape index (κ1) is 15.2. The number of hydrogen-bond donors (Lipinski definition) is 1. The summed E-state index contributed by atoms with van der Waals surface area (Å²) in [5.74, 6) is -0.200. The third kappa shape index (κ3) is 3.13. The number of nitrogens with zero attached hydrogens (tertiary/aromatic N) is 2. The third-order valence-electron chi connectivity index (χ3n) is 3.59. The summed E-state index contributed by atoms with van der Waals surface area (Å²) in [6.07, 6.45) is 0.823. The number of hydrogen-bond acceptors (Lipinski definition) is 5. The summed E-state index contributed by atoms with van der Waals surface area (Å²) < 4.78 is 5.25. The molecule has 1 aliphatic heterocycles. The van der Waals surface area contributed by atoms with Gasteiger partial charge in [-0.25, -0.2) is 0 Å². The lowest BCUT2D eigenvalue weighted by Gasteiger charge is -2.18. The summed E-state index contributed by atoms with van der Waals surface area (Å²) in [5, 5.41) is 14.0. The summed E-state index contributed by atoms with van der Waals surface area (Å²) in [7, 11) is 1.62. The number of nitro benzene ring substituents is 1. The van der Waals surface area contributed by atoms with E-state index < -0.39 is 4.92 Å². The third-order valence-corrected chi connectivity index (χ3v) is 3.59. The molecule has 0 bridgehead atoms. The largest absolute Gasteiger partial charge is 0.380 e. The van der Waals surface area contributed by atoms with Crippen LogP contribution in [0.2, 0.25) is 0 Å². The van der Waals surface area contributed by atoms with Crippen molar-refractivity contribution in [2.75, 3.05) is 32.1 Å². The fourth-order valence-electron chi connectivity index (χ4n) is 2.51. The van der Waals surface area contributed by atoms with Crippen LogP contribution in [-0.2, 0) is 4.74 Å². The van der Waals surface area contributed by atoms with Crippen LogP contribution in [0.1, 0.15) is 23.7 Å². The minimum absolute atomic E-state index is 0.0373. The average molecular weight is 293 g/mol. The van der Waals surface area contributed by atoms with Crippen molar-refractivity contribution in [2.24, 2.45) is 0 Å². The lowest BCUT2D eigenvalue weighted by molar-refractivity contribution is -0.384. The van der Waals surface area contributed by atoms with Gasteiger partial charge in [-0.2, -0.15) is 0 Å². The fraction of sp³-hybridized carbons (Fsp3) is 0.500. The number of benzene rings is 1. The minimum atomic E-state index is -0.475. The van der Waals surface area contributed by atoms with Crippen LogP contribution in [-0.4, -0.2) is 48.6 Å². The van der Waals surface area contributed by atoms with Crippen molar-refractivity contribution in [1.29, 1.82) is 0 Å². The monoisotopic (exact) mass is 293 g/mol. The standard InChI is InChI=1S/C14H19N3O4/c1-3-15-13-11(5-4-6-12(13)17(19)20)14(18)16-8-7-10(9-16)21-2/h4-6,10,15H,3,7-9H2,1-2H3. The lowest BCUT2D eigenvalue weighted by Crippen LogP contribution is -2.30. The number of anilines is 1. The Bertz CT molecular complexity index is 547. The maximum absolute atomic E-state index is 12.6. The highest BCUT2D eigenvalue weighted by Crippen LogP contribution is 2.30. The van der Waals surface area contributed by atoms with Crippen LogP contribution >= 0.6 is 0 Å². The van der Waals surface area contributed by atoms with Gasteiger partial charge in [0.2, 0.25) is 0 Å². The molecule has 7 heteroatoms. The van der Waals surface area contributed by atoms with Crippen molar-refractivity contribution in [3.8, 4) is 0 Å². The Morgan fingerprint density at radius 1 is 1.57 bits per heavy atom. The normalized spacial score (nSPS) is 17.8. The molecule has 114 valence electrons. The van der Waals surface area contributed by atoms with Gasteiger partial charge in [0.25, 0.3) is 11.6 Å². The number of methoxy groups -OCH3 is 1. The topological polar surface area (TPSA) is 84.7 Å². The van der Waals surface area contributed by atoms with E-state index in [1.165, 1.54) is 12.1 Å². The Labute approximate surface area is 123 Å². The highest BCUT2D eigenvalue weighted by atomic mass is 16.6. The number of ether oxygens (including phenoxy) is 1. The van der Waals surface area contributed by atoms with Crippen LogP contribution in [0.5, 0.6) is 0 Å². The molecule has 0 spiro atoms. The minimum Gasteiger partial charge on any atom is -0.380 e. The molecule has 1 heterocycles. The van der Waals surface area contributed by atoms with Gasteiger partial charge in [-0.15, -0.1) is 0 Å². The second-order valence-corrected chi connectivity index (χ2v) is 4.88. The second-order valence-electron chi connectivity index (χ2n) is 4.88.